The van der Waals surface area contributed by atoms with Crippen molar-refractivity contribution in [2.45, 2.75) is 77.4 Å². The van der Waals surface area contributed by atoms with E-state index in [2.05, 4.69) is 43.2 Å². The Morgan fingerprint density at radius 1 is 1.26 bits per heavy atom. The van der Waals surface area contributed by atoms with Gasteiger partial charge in [-0.15, -0.1) is 0 Å². The predicted molar refractivity (Wildman–Crippen MR) is 90.6 cm³/mol. The van der Waals surface area contributed by atoms with E-state index in [0.29, 0.717) is 13.2 Å². The molecule has 0 spiro atoms. The van der Waals surface area contributed by atoms with Crippen molar-refractivity contribution in [1.29, 1.82) is 0 Å². The Morgan fingerprint density at radius 2 is 1.87 bits per heavy atom. The number of carbonyl (C=O) groups excluding carboxylic acids is 1. The third kappa shape index (κ3) is 4.58. The summed E-state index contributed by atoms with van der Waals surface area (Å²) in [6.07, 6.45) is 1.34. The Balaban J connectivity index is 1.85. The first kappa shape index (κ1) is 18.5. The molecule has 0 aromatic rings. The van der Waals surface area contributed by atoms with Gasteiger partial charge in [0.1, 0.15) is 0 Å². The quantitative estimate of drug-likeness (QED) is 0.826. The highest BCUT2D eigenvalue weighted by molar-refractivity contribution is 5.75. The molecule has 2 rings (SSSR count). The van der Waals surface area contributed by atoms with E-state index < -0.39 is 0 Å². The van der Waals surface area contributed by atoms with Gasteiger partial charge in [-0.1, -0.05) is 0 Å². The summed E-state index contributed by atoms with van der Waals surface area (Å²) in [5.41, 5.74) is -0.390. The summed E-state index contributed by atoms with van der Waals surface area (Å²) in [4.78, 5) is 14.7. The average molecular weight is 327 g/mol. The summed E-state index contributed by atoms with van der Waals surface area (Å²) in [5.74, 6) is 0. The highest BCUT2D eigenvalue weighted by Crippen LogP contribution is 2.25. The molecular formula is C17H33N3O3. The van der Waals surface area contributed by atoms with Gasteiger partial charge in [0, 0.05) is 31.8 Å². The van der Waals surface area contributed by atoms with Crippen LogP contribution in [0.1, 0.15) is 48.0 Å². The molecule has 2 fully saturated rings. The van der Waals surface area contributed by atoms with Gasteiger partial charge in [-0.05, 0) is 48.0 Å². The van der Waals surface area contributed by atoms with Gasteiger partial charge in [0.05, 0.1) is 23.9 Å². The minimum absolute atomic E-state index is 0.0437. The molecule has 2 saturated heterocycles. The number of rotatable bonds is 4. The molecule has 2 aliphatic rings. The van der Waals surface area contributed by atoms with Crippen molar-refractivity contribution in [2.75, 3.05) is 26.2 Å². The van der Waals surface area contributed by atoms with Crippen LogP contribution in [0.3, 0.4) is 0 Å². The van der Waals surface area contributed by atoms with E-state index in [9.17, 15) is 4.79 Å². The summed E-state index contributed by atoms with van der Waals surface area (Å²) in [5, 5.41) is 6.11. The number of ether oxygens (including phenoxy) is 2. The Kier molecular flexibility index (Phi) is 5.59. The van der Waals surface area contributed by atoms with Crippen molar-refractivity contribution in [1.82, 2.24) is 15.5 Å². The van der Waals surface area contributed by atoms with Crippen LogP contribution in [0.15, 0.2) is 0 Å². The summed E-state index contributed by atoms with van der Waals surface area (Å²) in [7, 11) is 0. The van der Waals surface area contributed by atoms with Gasteiger partial charge in [0.25, 0.3) is 0 Å². The number of morpholine rings is 1. The fourth-order valence-corrected chi connectivity index (χ4v) is 3.38. The van der Waals surface area contributed by atoms with Crippen molar-refractivity contribution in [2.24, 2.45) is 0 Å². The molecule has 6 nitrogen and oxygen atoms in total. The fraction of sp³-hybridized carbons (Fsp3) is 0.941. The van der Waals surface area contributed by atoms with Gasteiger partial charge in [0.2, 0.25) is 0 Å². The van der Waals surface area contributed by atoms with Gasteiger partial charge in [0.15, 0.2) is 0 Å². The lowest BCUT2D eigenvalue weighted by atomic mass is 9.95. The number of nitrogens with zero attached hydrogens (tertiary/aromatic N) is 1. The van der Waals surface area contributed by atoms with Gasteiger partial charge in [-0.2, -0.15) is 0 Å². The van der Waals surface area contributed by atoms with Crippen LogP contribution < -0.4 is 10.6 Å². The standard InChI is InChI=1S/C17H33N3O3/c1-12-9-20(10-13(2)23-12)16(4,5)11-18-15(21)19-17(6)7-8-22-14(17)3/h12-14H,7-11H2,1-6H3,(H2,18,19,21)/t12-,13+,14-,17-/m1/s1. The topological polar surface area (TPSA) is 62.8 Å². The summed E-state index contributed by atoms with van der Waals surface area (Å²) in [6.45, 7) is 15.7. The fourth-order valence-electron chi connectivity index (χ4n) is 3.38. The predicted octanol–water partition coefficient (Wildman–Crippen LogP) is 1.74. The summed E-state index contributed by atoms with van der Waals surface area (Å²) >= 11 is 0. The van der Waals surface area contributed by atoms with E-state index in [0.717, 1.165) is 19.5 Å². The number of urea groups is 1. The van der Waals surface area contributed by atoms with Crippen LogP contribution in [0.25, 0.3) is 0 Å². The molecule has 6 heteroatoms. The van der Waals surface area contributed by atoms with Crippen LogP contribution >= 0.6 is 0 Å². The maximum absolute atomic E-state index is 12.3. The Labute approximate surface area is 140 Å². The molecule has 134 valence electrons. The van der Waals surface area contributed by atoms with Crippen molar-refractivity contribution in [3.8, 4) is 0 Å². The van der Waals surface area contributed by atoms with E-state index >= 15 is 0 Å². The highest BCUT2D eigenvalue weighted by atomic mass is 16.5. The first-order valence-corrected chi connectivity index (χ1v) is 8.70. The summed E-state index contributed by atoms with van der Waals surface area (Å²) < 4.78 is 11.4. The molecule has 2 amide bonds. The second-order valence-corrected chi connectivity index (χ2v) is 7.96. The summed E-state index contributed by atoms with van der Waals surface area (Å²) in [6, 6.07) is -0.118. The molecule has 0 aromatic heterocycles. The number of amides is 2. The van der Waals surface area contributed by atoms with E-state index in [1.165, 1.54) is 0 Å². The average Bonchev–Trinajstić information content (AvgIpc) is 2.75. The third-order valence-corrected chi connectivity index (χ3v) is 5.24. The van der Waals surface area contributed by atoms with Crippen LogP contribution in [-0.2, 0) is 9.47 Å². The Hall–Kier alpha value is -0.850. The Morgan fingerprint density at radius 3 is 2.39 bits per heavy atom. The number of carbonyl (C=O) groups is 1. The zero-order chi connectivity index (χ0) is 17.3. The molecule has 0 radical (unpaired) electrons. The van der Waals surface area contributed by atoms with Gasteiger partial charge >= 0.3 is 6.03 Å². The molecule has 2 heterocycles. The smallest absolute Gasteiger partial charge is 0.315 e. The molecule has 0 bridgehead atoms. The van der Waals surface area contributed by atoms with Gasteiger partial charge in [-0.25, -0.2) is 4.79 Å². The van der Waals surface area contributed by atoms with E-state index in [1.807, 2.05) is 13.8 Å². The third-order valence-electron chi connectivity index (χ3n) is 5.24. The second kappa shape index (κ2) is 6.95. The van der Waals surface area contributed by atoms with Gasteiger partial charge in [-0.3, -0.25) is 4.90 Å². The van der Waals surface area contributed by atoms with Crippen molar-refractivity contribution in [3.05, 3.63) is 0 Å². The zero-order valence-electron chi connectivity index (χ0n) is 15.4. The van der Waals surface area contributed by atoms with E-state index in [1.54, 1.807) is 0 Å². The van der Waals surface area contributed by atoms with E-state index in [-0.39, 0.29) is 35.4 Å². The molecule has 4 atom stereocenters. The molecule has 2 N–H and O–H groups in total. The molecule has 0 unspecified atom stereocenters. The first-order chi connectivity index (χ1) is 10.6. The van der Waals surface area contributed by atoms with Crippen LogP contribution in [0, 0.1) is 0 Å². The van der Waals surface area contributed by atoms with Gasteiger partial charge < -0.3 is 20.1 Å². The van der Waals surface area contributed by atoms with Crippen molar-refractivity contribution in [3.63, 3.8) is 0 Å². The number of hydrogen-bond donors (Lipinski definition) is 2. The number of nitrogens with one attached hydrogen (secondary N) is 2. The maximum atomic E-state index is 12.3. The SMILES string of the molecule is C[C@@H]1CN(C(C)(C)CNC(=O)N[C@]2(C)CCO[C@@H]2C)C[C@H](C)O1. The van der Waals surface area contributed by atoms with Crippen LogP contribution in [-0.4, -0.2) is 66.6 Å². The number of hydrogen-bond acceptors (Lipinski definition) is 4. The largest absolute Gasteiger partial charge is 0.376 e. The lowest BCUT2D eigenvalue weighted by Crippen LogP contribution is -2.61. The second-order valence-electron chi connectivity index (χ2n) is 7.96. The van der Waals surface area contributed by atoms with Crippen molar-refractivity contribution < 1.29 is 14.3 Å². The molecule has 23 heavy (non-hydrogen) atoms. The monoisotopic (exact) mass is 327 g/mol. The maximum Gasteiger partial charge on any atom is 0.315 e. The van der Waals surface area contributed by atoms with E-state index in [4.69, 9.17) is 9.47 Å². The van der Waals surface area contributed by atoms with Crippen LogP contribution in [0.2, 0.25) is 0 Å². The van der Waals surface area contributed by atoms with Crippen LogP contribution in [0.4, 0.5) is 4.79 Å². The van der Waals surface area contributed by atoms with Crippen LogP contribution in [0.5, 0.6) is 0 Å². The lowest BCUT2D eigenvalue weighted by Gasteiger charge is -2.45. The lowest BCUT2D eigenvalue weighted by molar-refractivity contribution is -0.0948. The molecule has 0 aliphatic carbocycles. The zero-order valence-corrected chi connectivity index (χ0v) is 15.4. The van der Waals surface area contributed by atoms with Crippen molar-refractivity contribution >= 4 is 6.03 Å². The molecule has 2 aliphatic heterocycles. The molecular weight excluding hydrogens is 294 g/mol. The highest BCUT2D eigenvalue weighted by Gasteiger charge is 2.39. The molecule has 0 saturated carbocycles. The Bertz CT molecular complexity index is 419. The molecule has 0 aromatic carbocycles. The minimum Gasteiger partial charge on any atom is -0.376 e. The first-order valence-electron chi connectivity index (χ1n) is 8.70. The minimum atomic E-state index is -0.282. The normalized spacial score (nSPS) is 36.0.